The maximum Gasteiger partial charge on any atom is 0.146 e. The lowest BCUT2D eigenvalue weighted by molar-refractivity contribution is 0.215. The van der Waals surface area contributed by atoms with Gasteiger partial charge in [-0.2, -0.15) is 0 Å². The second kappa shape index (κ2) is 6.54. The summed E-state index contributed by atoms with van der Waals surface area (Å²) in [7, 11) is 4.06. The average Bonchev–Trinajstić information content (AvgIpc) is 2.41. The summed E-state index contributed by atoms with van der Waals surface area (Å²) in [4.78, 5) is 10.9. The highest BCUT2D eigenvalue weighted by Crippen LogP contribution is 2.19. The van der Waals surface area contributed by atoms with Gasteiger partial charge in [-0.25, -0.2) is 4.98 Å². The van der Waals surface area contributed by atoms with Crippen LogP contribution in [0.2, 0.25) is 0 Å². The van der Waals surface area contributed by atoms with Crippen molar-refractivity contribution in [3.8, 4) is 0 Å². The van der Waals surface area contributed by atoms with Crippen molar-refractivity contribution < 1.29 is 0 Å². The lowest BCUT2D eigenvalue weighted by Gasteiger charge is -2.28. The van der Waals surface area contributed by atoms with Crippen LogP contribution in [0.3, 0.4) is 0 Å². The number of rotatable bonds is 5. The Bertz CT molecular complexity index is 360. The summed E-state index contributed by atoms with van der Waals surface area (Å²) < 4.78 is 0. The fourth-order valence-corrected chi connectivity index (χ4v) is 2.33. The normalized spacial score (nSPS) is 17.7. The lowest BCUT2D eigenvalue weighted by atomic mass is 9.94. The second-order valence-corrected chi connectivity index (χ2v) is 5.00. The summed E-state index contributed by atoms with van der Waals surface area (Å²) in [5.74, 6) is 2.52. The third-order valence-electron chi connectivity index (χ3n) is 3.59. The van der Waals surface area contributed by atoms with Crippen molar-refractivity contribution in [1.82, 2.24) is 14.9 Å². The van der Waals surface area contributed by atoms with Gasteiger partial charge in [0, 0.05) is 13.6 Å². The van der Waals surface area contributed by atoms with E-state index in [4.69, 9.17) is 0 Å². The first-order valence-corrected chi connectivity index (χ1v) is 6.70. The zero-order valence-corrected chi connectivity index (χ0v) is 11.3. The third-order valence-corrected chi connectivity index (χ3v) is 3.59. The molecule has 0 spiro atoms. The Hall–Kier alpha value is -1.36. The molecule has 0 amide bonds. The van der Waals surface area contributed by atoms with E-state index >= 15 is 0 Å². The molecule has 18 heavy (non-hydrogen) atoms. The minimum absolute atomic E-state index is 0.805. The zero-order chi connectivity index (χ0) is 12.8. The molecule has 0 unspecified atom stereocenters. The number of piperidine rings is 1. The van der Waals surface area contributed by atoms with Crippen LogP contribution in [0.5, 0.6) is 0 Å². The Kier molecular flexibility index (Phi) is 4.75. The van der Waals surface area contributed by atoms with Crippen LogP contribution < -0.4 is 10.6 Å². The molecule has 1 aromatic heterocycles. The zero-order valence-electron chi connectivity index (χ0n) is 11.3. The molecule has 0 bridgehead atoms. The second-order valence-electron chi connectivity index (χ2n) is 5.00. The first-order chi connectivity index (χ1) is 8.78. The number of aromatic nitrogens is 2. The van der Waals surface area contributed by atoms with Crippen molar-refractivity contribution in [2.45, 2.75) is 19.3 Å². The van der Waals surface area contributed by atoms with E-state index in [2.05, 4.69) is 32.5 Å². The Morgan fingerprint density at radius 3 is 2.72 bits per heavy atom. The molecule has 100 valence electrons. The van der Waals surface area contributed by atoms with Gasteiger partial charge < -0.3 is 15.5 Å². The van der Waals surface area contributed by atoms with Crippen LogP contribution >= 0.6 is 0 Å². The van der Waals surface area contributed by atoms with Gasteiger partial charge >= 0.3 is 0 Å². The Balaban J connectivity index is 1.71. The van der Waals surface area contributed by atoms with Crippen LogP contribution in [-0.4, -0.2) is 48.6 Å². The van der Waals surface area contributed by atoms with E-state index in [1.54, 1.807) is 12.4 Å². The summed E-state index contributed by atoms with van der Waals surface area (Å²) in [5.41, 5.74) is 0. The van der Waals surface area contributed by atoms with Gasteiger partial charge in [0.15, 0.2) is 0 Å². The van der Waals surface area contributed by atoms with E-state index in [0.29, 0.717) is 0 Å². The standard InChI is InChI=1S/C13H23N5/c1-14-12-9-15-10-13(17-12)16-6-3-11-4-7-18(2)8-5-11/h9-11H,3-8H2,1-2H3,(H2,14,16,17). The van der Waals surface area contributed by atoms with Crippen LogP contribution in [0.15, 0.2) is 12.4 Å². The number of hydrogen-bond acceptors (Lipinski definition) is 5. The molecule has 1 aromatic rings. The van der Waals surface area contributed by atoms with Gasteiger partial charge in [-0.15, -0.1) is 0 Å². The first kappa shape index (κ1) is 13.1. The van der Waals surface area contributed by atoms with Crippen molar-refractivity contribution in [3.05, 3.63) is 12.4 Å². The quantitative estimate of drug-likeness (QED) is 0.831. The molecule has 0 aliphatic carbocycles. The number of anilines is 2. The fraction of sp³-hybridized carbons (Fsp3) is 0.692. The Morgan fingerprint density at radius 1 is 1.28 bits per heavy atom. The molecule has 0 atom stereocenters. The van der Waals surface area contributed by atoms with Crippen LogP contribution in [0.1, 0.15) is 19.3 Å². The van der Waals surface area contributed by atoms with Crippen LogP contribution in [-0.2, 0) is 0 Å². The molecule has 1 saturated heterocycles. The van der Waals surface area contributed by atoms with E-state index < -0.39 is 0 Å². The highest BCUT2D eigenvalue weighted by molar-refractivity contribution is 5.40. The van der Waals surface area contributed by atoms with Crippen LogP contribution in [0.4, 0.5) is 11.6 Å². The molecule has 0 radical (unpaired) electrons. The fourth-order valence-electron chi connectivity index (χ4n) is 2.33. The monoisotopic (exact) mass is 249 g/mol. The molecular weight excluding hydrogens is 226 g/mol. The molecule has 5 nitrogen and oxygen atoms in total. The maximum atomic E-state index is 4.39. The minimum atomic E-state index is 0.805. The maximum absolute atomic E-state index is 4.39. The topological polar surface area (TPSA) is 53.1 Å². The Labute approximate surface area is 109 Å². The molecule has 2 N–H and O–H groups in total. The minimum Gasteiger partial charge on any atom is -0.372 e. The van der Waals surface area contributed by atoms with Gasteiger partial charge in [0.2, 0.25) is 0 Å². The van der Waals surface area contributed by atoms with E-state index in [-0.39, 0.29) is 0 Å². The van der Waals surface area contributed by atoms with Gasteiger partial charge in [-0.05, 0) is 45.3 Å². The van der Waals surface area contributed by atoms with Crippen LogP contribution in [0.25, 0.3) is 0 Å². The summed E-state index contributed by atoms with van der Waals surface area (Å²) in [6.07, 6.45) is 7.36. The van der Waals surface area contributed by atoms with Gasteiger partial charge in [-0.3, -0.25) is 4.98 Å². The van der Waals surface area contributed by atoms with Gasteiger partial charge in [0.05, 0.1) is 12.4 Å². The van der Waals surface area contributed by atoms with Gasteiger partial charge in [0.1, 0.15) is 11.6 Å². The van der Waals surface area contributed by atoms with Crippen molar-refractivity contribution in [2.24, 2.45) is 5.92 Å². The van der Waals surface area contributed by atoms with Crippen LogP contribution in [0, 0.1) is 5.92 Å². The molecule has 0 aromatic carbocycles. The summed E-state index contributed by atoms with van der Waals surface area (Å²) in [6.45, 7) is 3.45. The largest absolute Gasteiger partial charge is 0.372 e. The molecule has 2 rings (SSSR count). The molecule has 5 heteroatoms. The molecule has 1 aliphatic rings. The molecule has 2 heterocycles. The van der Waals surface area contributed by atoms with Crippen molar-refractivity contribution in [1.29, 1.82) is 0 Å². The predicted octanol–water partition coefficient (Wildman–Crippen LogP) is 1.66. The number of nitrogens with one attached hydrogen (secondary N) is 2. The summed E-state index contributed by atoms with van der Waals surface area (Å²) in [5, 5.41) is 6.34. The molecule has 1 fully saturated rings. The highest BCUT2D eigenvalue weighted by atomic mass is 15.1. The Morgan fingerprint density at radius 2 is 2.00 bits per heavy atom. The van der Waals surface area contributed by atoms with Gasteiger partial charge in [-0.1, -0.05) is 0 Å². The lowest BCUT2D eigenvalue weighted by Crippen LogP contribution is -2.30. The summed E-state index contributed by atoms with van der Waals surface area (Å²) in [6, 6.07) is 0. The highest BCUT2D eigenvalue weighted by Gasteiger charge is 2.15. The first-order valence-electron chi connectivity index (χ1n) is 6.70. The van der Waals surface area contributed by atoms with Crippen molar-refractivity contribution in [2.75, 3.05) is 44.4 Å². The number of likely N-dealkylation sites (tertiary alicyclic amines) is 1. The van der Waals surface area contributed by atoms with Crippen molar-refractivity contribution in [3.63, 3.8) is 0 Å². The molecular formula is C13H23N5. The predicted molar refractivity (Wildman–Crippen MR) is 74.9 cm³/mol. The van der Waals surface area contributed by atoms with E-state index in [1.807, 2.05) is 7.05 Å². The summed E-state index contributed by atoms with van der Waals surface area (Å²) >= 11 is 0. The number of hydrogen-bond donors (Lipinski definition) is 2. The molecule has 0 saturated carbocycles. The van der Waals surface area contributed by atoms with E-state index in [9.17, 15) is 0 Å². The van der Waals surface area contributed by atoms with E-state index in [0.717, 1.165) is 24.1 Å². The van der Waals surface area contributed by atoms with Crippen molar-refractivity contribution >= 4 is 11.6 Å². The smallest absolute Gasteiger partial charge is 0.146 e. The third kappa shape index (κ3) is 3.84. The van der Waals surface area contributed by atoms with E-state index in [1.165, 1.54) is 32.4 Å². The number of nitrogens with zero attached hydrogens (tertiary/aromatic N) is 3. The SMILES string of the molecule is CNc1cncc(NCCC2CCN(C)CC2)n1. The average molecular weight is 249 g/mol. The van der Waals surface area contributed by atoms with Gasteiger partial charge in [0.25, 0.3) is 0 Å². The molecule has 1 aliphatic heterocycles.